The number of anilines is 1. The van der Waals surface area contributed by atoms with Crippen LogP contribution < -0.4 is 24.4 Å². The summed E-state index contributed by atoms with van der Waals surface area (Å²) in [4.78, 5) is 43.0. The zero-order chi connectivity index (χ0) is 34.3. The second-order valence-corrected chi connectivity index (χ2v) is 12.6. The van der Waals surface area contributed by atoms with Crippen molar-refractivity contribution >= 4 is 28.5 Å². The third-order valence-corrected chi connectivity index (χ3v) is 9.44. The van der Waals surface area contributed by atoms with Crippen molar-refractivity contribution in [2.24, 2.45) is 5.92 Å². The number of H-pyrrole nitrogens is 1. The van der Waals surface area contributed by atoms with Crippen LogP contribution in [0.2, 0.25) is 0 Å². The Bertz CT molecular complexity index is 1760. The van der Waals surface area contributed by atoms with Crippen molar-refractivity contribution in [1.29, 1.82) is 0 Å². The van der Waals surface area contributed by atoms with Gasteiger partial charge in [0.25, 0.3) is 5.91 Å². The van der Waals surface area contributed by atoms with Crippen molar-refractivity contribution in [3.63, 3.8) is 0 Å². The smallest absolute Gasteiger partial charge is 0.272 e. The molecule has 49 heavy (non-hydrogen) atoms. The first-order valence-corrected chi connectivity index (χ1v) is 17.0. The van der Waals surface area contributed by atoms with E-state index in [-0.39, 0.29) is 24.3 Å². The Balaban J connectivity index is 1.28. The molecule has 3 aromatic heterocycles. The number of aromatic amines is 1. The molecule has 0 spiro atoms. The number of aromatic nitrogens is 4. The molecule has 0 aliphatic carbocycles. The predicted molar refractivity (Wildman–Crippen MR) is 187 cm³/mol. The Morgan fingerprint density at radius 2 is 1.80 bits per heavy atom. The maximum atomic E-state index is 13.7. The standard InChI is InChI=1S/C36H46N8O5/c1-5-42-14-8-9-15-44(36(46)30-18-29(40-41-30)27-12-6-7-13-37-27)23-32(45)38-20-24-11-10-16-43(21-24)35-25(22-42)17-26-28(39-35)19-31(47-2)34(49-4)33(26)48-3/h6-7,12-13,17-19,24H,5,8-11,14-16,20-23H2,1-4H3,(H,38,45)(H,40,41). The first-order valence-electron chi connectivity index (χ1n) is 17.0. The molecule has 2 amide bonds. The van der Waals surface area contributed by atoms with Gasteiger partial charge in [-0.15, -0.1) is 0 Å². The normalized spacial score (nSPS) is 18.1. The van der Waals surface area contributed by atoms with E-state index in [0.717, 1.165) is 74.1 Å². The van der Waals surface area contributed by atoms with Crippen LogP contribution >= 0.6 is 0 Å². The van der Waals surface area contributed by atoms with Crippen molar-refractivity contribution in [1.82, 2.24) is 35.3 Å². The van der Waals surface area contributed by atoms with Crippen molar-refractivity contribution in [3.05, 3.63) is 53.9 Å². The van der Waals surface area contributed by atoms with Crippen LogP contribution in [0.3, 0.4) is 0 Å². The number of fused-ring (bicyclic) bond motifs is 5. The molecule has 260 valence electrons. The van der Waals surface area contributed by atoms with Crippen molar-refractivity contribution in [2.45, 2.75) is 39.2 Å². The number of ether oxygens (including phenoxy) is 3. The number of amides is 2. The number of rotatable bonds is 6. The van der Waals surface area contributed by atoms with Crippen molar-refractivity contribution in [2.75, 3.05) is 72.0 Å². The van der Waals surface area contributed by atoms with E-state index in [9.17, 15) is 9.59 Å². The lowest BCUT2D eigenvalue weighted by atomic mass is 9.97. The van der Waals surface area contributed by atoms with Gasteiger partial charge in [-0.3, -0.25) is 24.6 Å². The number of nitrogens with one attached hydrogen (secondary N) is 2. The van der Waals surface area contributed by atoms with Gasteiger partial charge in [0.2, 0.25) is 11.7 Å². The second kappa shape index (κ2) is 15.5. The van der Waals surface area contributed by atoms with Gasteiger partial charge in [0, 0.05) is 55.9 Å². The molecule has 5 heterocycles. The van der Waals surface area contributed by atoms with Gasteiger partial charge in [0.05, 0.1) is 39.1 Å². The molecule has 13 heteroatoms. The molecule has 1 aromatic carbocycles. The van der Waals surface area contributed by atoms with Crippen LogP contribution in [0.15, 0.2) is 42.6 Å². The number of hydrogen-bond acceptors (Lipinski definition) is 10. The lowest BCUT2D eigenvalue weighted by Gasteiger charge is -2.36. The topological polar surface area (TPSA) is 138 Å². The predicted octanol–water partition coefficient (Wildman–Crippen LogP) is 4.14. The van der Waals surface area contributed by atoms with Crippen molar-refractivity contribution < 1.29 is 23.8 Å². The van der Waals surface area contributed by atoms with Crippen LogP contribution in [0.1, 0.15) is 48.7 Å². The Morgan fingerprint density at radius 1 is 0.959 bits per heavy atom. The zero-order valence-corrected chi connectivity index (χ0v) is 28.8. The van der Waals surface area contributed by atoms with E-state index >= 15 is 0 Å². The molecule has 1 unspecified atom stereocenters. The average molecular weight is 671 g/mol. The van der Waals surface area contributed by atoms with E-state index in [1.807, 2.05) is 24.3 Å². The summed E-state index contributed by atoms with van der Waals surface area (Å²) in [5, 5.41) is 11.2. The molecule has 13 nitrogen and oxygen atoms in total. The summed E-state index contributed by atoms with van der Waals surface area (Å²) in [6, 6.07) is 11.3. The maximum Gasteiger partial charge on any atom is 0.272 e. The molecule has 0 radical (unpaired) electrons. The molecule has 0 saturated carbocycles. The summed E-state index contributed by atoms with van der Waals surface area (Å²) in [7, 11) is 4.86. The van der Waals surface area contributed by atoms with E-state index in [2.05, 4.69) is 43.3 Å². The van der Waals surface area contributed by atoms with Gasteiger partial charge in [-0.25, -0.2) is 4.98 Å². The molecule has 2 N–H and O–H groups in total. The van der Waals surface area contributed by atoms with Crippen LogP contribution in [-0.2, 0) is 11.3 Å². The summed E-state index contributed by atoms with van der Waals surface area (Å²) in [5.41, 5.74) is 3.47. The zero-order valence-electron chi connectivity index (χ0n) is 28.8. The molecule has 1 atom stereocenters. The SMILES string of the molecule is CCN1CCCCN(C(=O)c2cc(-c3ccccn3)n[nH]2)CC(=O)NCC2CCCN(C2)c2nc3cc(OC)c(OC)c(OC)c3cc2C1. The number of carbonyl (C=O) groups excluding carboxylic acids is 2. The van der Waals surface area contributed by atoms with E-state index in [1.165, 1.54) is 0 Å². The third-order valence-electron chi connectivity index (χ3n) is 9.44. The summed E-state index contributed by atoms with van der Waals surface area (Å²) in [6.45, 7) is 7.12. The Labute approximate surface area is 286 Å². The highest BCUT2D eigenvalue weighted by atomic mass is 16.5. The van der Waals surface area contributed by atoms with Gasteiger partial charge in [0.15, 0.2) is 11.5 Å². The number of benzene rings is 1. The maximum absolute atomic E-state index is 13.7. The van der Waals surface area contributed by atoms with E-state index in [1.54, 1.807) is 38.5 Å². The van der Waals surface area contributed by atoms with E-state index < -0.39 is 0 Å². The van der Waals surface area contributed by atoms with Crippen LogP contribution in [0.25, 0.3) is 22.3 Å². The molecule has 1 fully saturated rings. The largest absolute Gasteiger partial charge is 0.493 e. The van der Waals surface area contributed by atoms with Gasteiger partial charge in [-0.1, -0.05) is 13.0 Å². The summed E-state index contributed by atoms with van der Waals surface area (Å²) < 4.78 is 17.2. The fourth-order valence-electron chi connectivity index (χ4n) is 6.85. The van der Waals surface area contributed by atoms with Crippen LogP contribution in [0, 0.1) is 5.92 Å². The summed E-state index contributed by atoms with van der Waals surface area (Å²) in [6.07, 6.45) is 5.24. The Morgan fingerprint density at radius 3 is 2.55 bits per heavy atom. The first-order chi connectivity index (χ1) is 23.9. The quantitative estimate of drug-likeness (QED) is 0.308. The highest BCUT2D eigenvalue weighted by Crippen LogP contribution is 2.44. The first kappa shape index (κ1) is 34.0. The highest BCUT2D eigenvalue weighted by molar-refractivity contribution is 5.96. The highest BCUT2D eigenvalue weighted by Gasteiger charge is 2.28. The minimum Gasteiger partial charge on any atom is -0.493 e. The number of methoxy groups -OCH3 is 3. The summed E-state index contributed by atoms with van der Waals surface area (Å²) in [5.74, 6) is 2.45. The summed E-state index contributed by atoms with van der Waals surface area (Å²) >= 11 is 0. The monoisotopic (exact) mass is 670 g/mol. The Hall–Kier alpha value is -4.91. The van der Waals surface area contributed by atoms with Gasteiger partial charge in [-0.05, 0) is 69.0 Å². The molecule has 2 aliphatic heterocycles. The Kier molecular flexibility index (Phi) is 10.8. The number of nitrogens with zero attached hydrogens (tertiary/aromatic N) is 6. The van der Waals surface area contributed by atoms with E-state index in [4.69, 9.17) is 19.2 Å². The van der Waals surface area contributed by atoms with Crippen LogP contribution in [-0.4, -0.2) is 109 Å². The molecule has 4 aromatic rings. The minimum atomic E-state index is -0.255. The average Bonchev–Trinajstić information content (AvgIpc) is 3.64. The number of pyridine rings is 2. The third kappa shape index (κ3) is 7.56. The molecule has 1 saturated heterocycles. The van der Waals surface area contributed by atoms with Crippen LogP contribution in [0.5, 0.6) is 17.2 Å². The van der Waals surface area contributed by atoms with E-state index in [0.29, 0.717) is 54.0 Å². The minimum absolute atomic E-state index is 0.0196. The van der Waals surface area contributed by atoms with Crippen molar-refractivity contribution in [3.8, 4) is 28.6 Å². The van der Waals surface area contributed by atoms with Crippen LogP contribution in [0.4, 0.5) is 5.82 Å². The lowest BCUT2D eigenvalue weighted by molar-refractivity contribution is -0.122. The molecule has 2 bridgehead atoms. The van der Waals surface area contributed by atoms with Gasteiger partial charge < -0.3 is 29.3 Å². The van der Waals surface area contributed by atoms with Gasteiger partial charge >= 0.3 is 0 Å². The number of hydrogen-bond donors (Lipinski definition) is 2. The van der Waals surface area contributed by atoms with Gasteiger partial charge in [-0.2, -0.15) is 5.10 Å². The van der Waals surface area contributed by atoms with Gasteiger partial charge in [0.1, 0.15) is 17.2 Å². The number of piperidine rings is 1. The molecule has 6 rings (SSSR count). The fourth-order valence-corrected chi connectivity index (χ4v) is 6.85. The molecular weight excluding hydrogens is 624 g/mol. The molecular formula is C36H46N8O5. The lowest BCUT2D eigenvalue weighted by Crippen LogP contribution is -2.45. The second-order valence-electron chi connectivity index (χ2n) is 12.6. The molecule has 2 aliphatic rings. The fraction of sp³-hybridized carbons (Fsp3) is 0.472. The number of carbonyl (C=O) groups is 2.